The lowest BCUT2D eigenvalue weighted by Gasteiger charge is -2.38. The normalized spacial score (nSPS) is 21.1. The molecule has 3 unspecified atom stereocenters. The van der Waals surface area contributed by atoms with E-state index in [9.17, 15) is 0 Å². The minimum atomic E-state index is 0.325. The minimum Gasteiger partial charge on any atom is -0.496 e. The van der Waals surface area contributed by atoms with Gasteiger partial charge in [0, 0.05) is 44.7 Å². The maximum atomic E-state index is 5.51. The number of hydrogen-bond donors (Lipinski definition) is 2. The predicted molar refractivity (Wildman–Crippen MR) is 125 cm³/mol. The fourth-order valence-corrected chi connectivity index (χ4v) is 4.23. The molecule has 2 aromatic rings. The molecule has 0 bridgehead atoms. The van der Waals surface area contributed by atoms with E-state index in [2.05, 4.69) is 76.8 Å². The molecule has 162 valence electrons. The van der Waals surface area contributed by atoms with E-state index in [4.69, 9.17) is 4.74 Å². The summed E-state index contributed by atoms with van der Waals surface area (Å²) in [7, 11) is 3.57. The Morgan fingerprint density at radius 3 is 2.60 bits per heavy atom. The van der Waals surface area contributed by atoms with Crippen LogP contribution in [0.4, 0.5) is 0 Å². The summed E-state index contributed by atoms with van der Waals surface area (Å²) in [5.74, 6) is 2.14. The van der Waals surface area contributed by atoms with E-state index >= 15 is 0 Å². The van der Waals surface area contributed by atoms with Gasteiger partial charge >= 0.3 is 0 Å². The molecule has 2 N–H and O–H groups in total. The number of nitrogens with one attached hydrogen (secondary N) is 2. The van der Waals surface area contributed by atoms with Crippen molar-refractivity contribution in [2.24, 2.45) is 4.99 Å². The number of ether oxygens (including phenoxy) is 1. The second kappa shape index (κ2) is 11.0. The first-order valence-electron chi connectivity index (χ1n) is 11.0. The van der Waals surface area contributed by atoms with Gasteiger partial charge < -0.3 is 15.4 Å². The van der Waals surface area contributed by atoms with Crippen molar-refractivity contribution in [2.45, 2.75) is 51.2 Å². The minimum absolute atomic E-state index is 0.325. The molecular weight excluding hydrogens is 372 g/mol. The molecule has 3 rings (SSSR count). The molecule has 0 amide bonds. The highest BCUT2D eigenvalue weighted by molar-refractivity contribution is 5.80. The van der Waals surface area contributed by atoms with Gasteiger partial charge in [0.25, 0.3) is 0 Å². The van der Waals surface area contributed by atoms with Crippen LogP contribution in [0.2, 0.25) is 0 Å². The third-order valence-electron chi connectivity index (χ3n) is 6.05. The Balaban J connectivity index is 1.48. The van der Waals surface area contributed by atoms with E-state index in [1.165, 1.54) is 11.1 Å². The molecule has 5 nitrogen and oxygen atoms in total. The van der Waals surface area contributed by atoms with Gasteiger partial charge in [0.05, 0.1) is 7.11 Å². The molecule has 1 aliphatic heterocycles. The second-order valence-corrected chi connectivity index (χ2v) is 8.27. The summed E-state index contributed by atoms with van der Waals surface area (Å²) in [5.41, 5.74) is 2.60. The molecule has 3 atom stereocenters. The number of nitrogens with zero attached hydrogens (tertiary/aromatic N) is 2. The van der Waals surface area contributed by atoms with E-state index in [1.807, 2.05) is 19.2 Å². The highest BCUT2D eigenvalue weighted by Crippen LogP contribution is 2.25. The van der Waals surface area contributed by atoms with Gasteiger partial charge in [-0.1, -0.05) is 55.5 Å². The van der Waals surface area contributed by atoms with Crippen LogP contribution in [0, 0.1) is 0 Å². The van der Waals surface area contributed by atoms with Crippen LogP contribution in [0.5, 0.6) is 5.75 Å². The summed E-state index contributed by atoms with van der Waals surface area (Å²) in [4.78, 5) is 7.03. The standard InChI is InChI=1S/C25H36N4O/c1-19(23-12-8-9-13-24(23)30-4)17-27-25(26-3)28-22-14-15-29(20(2)16-22)18-21-10-6-5-7-11-21/h5-13,19-20,22H,14-18H2,1-4H3,(H2,26,27,28). The van der Waals surface area contributed by atoms with Crippen molar-refractivity contribution < 1.29 is 4.74 Å². The van der Waals surface area contributed by atoms with Crippen molar-refractivity contribution in [2.75, 3.05) is 27.2 Å². The molecule has 5 heteroatoms. The summed E-state index contributed by atoms with van der Waals surface area (Å²) in [5, 5.41) is 7.14. The van der Waals surface area contributed by atoms with Crippen LogP contribution in [-0.2, 0) is 6.54 Å². The summed E-state index contributed by atoms with van der Waals surface area (Å²) in [6.45, 7) is 7.47. The van der Waals surface area contributed by atoms with Crippen molar-refractivity contribution in [3.63, 3.8) is 0 Å². The molecule has 0 aliphatic carbocycles. The fraction of sp³-hybridized carbons (Fsp3) is 0.480. The zero-order chi connectivity index (χ0) is 21.3. The smallest absolute Gasteiger partial charge is 0.191 e. The Hall–Kier alpha value is -2.53. The Kier molecular flexibility index (Phi) is 8.14. The van der Waals surface area contributed by atoms with Crippen molar-refractivity contribution >= 4 is 5.96 Å². The molecule has 0 radical (unpaired) electrons. The van der Waals surface area contributed by atoms with Crippen molar-refractivity contribution in [3.8, 4) is 5.75 Å². The van der Waals surface area contributed by atoms with E-state index in [-0.39, 0.29) is 0 Å². The van der Waals surface area contributed by atoms with Crippen LogP contribution in [0.3, 0.4) is 0 Å². The number of para-hydroxylation sites is 1. The number of hydrogen-bond acceptors (Lipinski definition) is 3. The van der Waals surface area contributed by atoms with E-state index in [0.29, 0.717) is 18.0 Å². The maximum absolute atomic E-state index is 5.51. The lowest BCUT2D eigenvalue weighted by Crippen LogP contribution is -2.51. The summed E-state index contributed by atoms with van der Waals surface area (Å²) in [6, 6.07) is 20.0. The average Bonchev–Trinajstić information content (AvgIpc) is 2.78. The zero-order valence-corrected chi connectivity index (χ0v) is 18.8. The van der Waals surface area contributed by atoms with Crippen molar-refractivity contribution in [3.05, 3.63) is 65.7 Å². The van der Waals surface area contributed by atoms with Crippen LogP contribution in [0.15, 0.2) is 59.6 Å². The first kappa shape index (κ1) is 22.2. The number of piperidine rings is 1. The van der Waals surface area contributed by atoms with Crippen LogP contribution in [0.25, 0.3) is 0 Å². The van der Waals surface area contributed by atoms with Gasteiger partial charge in [0.2, 0.25) is 0 Å². The number of guanidine groups is 1. The number of benzene rings is 2. The van der Waals surface area contributed by atoms with Crippen molar-refractivity contribution in [1.29, 1.82) is 0 Å². The summed E-state index contributed by atoms with van der Waals surface area (Å²) >= 11 is 0. The van der Waals surface area contributed by atoms with Crippen molar-refractivity contribution in [1.82, 2.24) is 15.5 Å². The Morgan fingerprint density at radius 1 is 1.17 bits per heavy atom. The van der Waals surface area contributed by atoms with Gasteiger partial charge in [-0.15, -0.1) is 0 Å². The lowest BCUT2D eigenvalue weighted by molar-refractivity contribution is 0.134. The fourth-order valence-electron chi connectivity index (χ4n) is 4.23. The third kappa shape index (κ3) is 5.99. The molecule has 0 saturated carbocycles. The number of rotatable bonds is 7. The molecule has 2 aromatic carbocycles. The van der Waals surface area contributed by atoms with Gasteiger partial charge in [0.15, 0.2) is 5.96 Å². The molecule has 30 heavy (non-hydrogen) atoms. The molecule has 1 saturated heterocycles. The molecular formula is C25H36N4O. The van der Waals surface area contributed by atoms with Crippen LogP contribution in [0.1, 0.15) is 43.7 Å². The van der Waals surface area contributed by atoms with Crippen LogP contribution < -0.4 is 15.4 Å². The topological polar surface area (TPSA) is 48.9 Å². The van der Waals surface area contributed by atoms with Crippen LogP contribution >= 0.6 is 0 Å². The zero-order valence-electron chi connectivity index (χ0n) is 18.8. The molecule has 1 fully saturated rings. The van der Waals surface area contributed by atoms with E-state index in [1.54, 1.807) is 7.11 Å². The largest absolute Gasteiger partial charge is 0.496 e. The first-order chi connectivity index (χ1) is 14.6. The maximum Gasteiger partial charge on any atom is 0.191 e. The Morgan fingerprint density at radius 2 is 1.90 bits per heavy atom. The third-order valence-corrected chi connectivity index (χ3v) is 6.05. The SMILES string of the molecule is CN=C(NCC(C)c1ccccc1OC)NC1CCN(Cc2ccccc2)C(C)C1. The quantitative estimate of drug-likeness (QED) is 0.537. The van der Waals surface area contributed by atoms with Gasteiger partial charge in [-0.25, -0.2) is 0 Å². The van der Waals surface area contributed by atoms with Gasteiger partial charge in [-0.2, -0.15) is 0 Å². The Bertz CT molecular complexity index is 808. The molecule has 0 aromatic heterocycles. The molecule has 1 aliphatic rings. The number of likely N-dealkylation sites (tertiary alicyclic amines) is 1. The molecule has 1 heterocycles. The second-order valence-electron chi connectivity index (χ2n) is 8.27. The van der Waals surface area contributed by atoms with Gasteiger partial charge in [-0.05, 0) is 37.0 Å². The monoisotopic (exact) mass is 408 g/mol. The predicted octanol–water partition coefficient (Wildman–Crippen LogP) is 4.02. The van der Waals surface area contributed by atoms with Gasteiger partial charge in [-0.3, -0.25) is 9.89 Å². The summed E-state index contributed by atoms with van der Waals surface area (Å²) < 4.78 is 5.51. The van der Waals surface area contributed by atoms with E-state index in [0.717, 1.165) is 44.2 Å². The first-order valence-corrected chi connectivity index (χ1v) is 11.0. The molecule has 0 spiro atoms. The van der Waals surface area contributed by atoms with Crippen LogP contribution in [-0.4, -0.2) is 50.2 Å². The van der Waals surface area contributed by atoms with Gasteiger partial charge in [0.1, 0.15) is 5.75 Å². The summed E-state index contributed by atoms with van der Waals surface area (Å²) in [6.07, 6.45) is 2.25. The average molecular weight is 409 g/mol. The Labute approximate surface area is 181 Å². The highest BCUT2D eigenvalue weighted by Gasteiger charge is 2.26. The highest BCUT2D eigenvalue weighted by atomic mass is 16.5. The number of methoxy groups -OCH3 is 1. The lowest BCUT2D eigenvalue weighted by atomic mass is 9.97. The van der Waals surface area contributed by atoms with E-state index < -0.39 is 0 Å². The number of aliphatic imine (C=N–C) groups is 1.